The minimum Gasteiger partial charge on any atom is -0.440 e. The summed E-state index contributed by atoms with van der Waals surface area (Å²) < 4.78 is 31.2. The van der Waals surface area contributed by atoms with E-state index in [1.807, 2.05) is 91.0 Å². The van der Waals surface area contributed by atoms with Crippen molar-refractivity contribution < 1.29 is 28.5 Å². The zero-order chi connectivity index (χ0) is 31.5. The van der Waals surface area contributed by atoms with E-state index < -0.39 is 5.41 Å². The number of ether oxygens (including phenoxy) is 5. The van der Waals surface area contributed by atoms with Crippen LogP contribution in [0.15, 0.2) is 91.0 Å². The summed E-state index contributed by atoms with van der Waals surface area (Å²) in [5, 5.41) is 12.6. The maximum absolute atomic E-state index is 12.1. The van der Waals surface area contributed by atoms with Crippen molar-refractivity contribution in [3.63, 3.8) is 0 Å². The summed E-state index contributed by atoms with van der Waals surface area (Å²) >= 11 is 0. The second-order valence-electron chi connectivity index (χ2n) is 12.2. The van der Waals surface area contributed by atoms with Crippen molar-refractivity contribution in [3.8, 4) is 0 Å². The first-order chi connectivity index (χ1) is 21.8. The third-order valence-electron chi connectivity index (χ3n) is 7.44. The molecule has 4 aromatic rings. The minimum absolute atomic E-state index is 0.0952. The molecule has 2 heterocycles. The molecular weight excluding hydrogens is 572 g/mol. The van der Waals surface area contributed by atoms with Gasteiger partial charge in [-0.25, -0.2) is 0 Å². The van der Waals surface area contributed by atoms with Crippen molar-refractivity contribution >= 4 is 5.97 Å². The van der Waals surface area contributed by atoms with Gasteiger partial charge < -0.3 is 23.7 Å². The molecule has 0 radical (unpaired) electrons. The fraction of sp³-hybridized carbons (Fsp3) is 0.429. The second-order valence-corrected chi connectivity index (χ2v) is 12.2. The smallest absolute Gasteiger partial charge is 0.313 e. The summed E-state index contributed by atoms with van der Waals surface area (Å²) in [6.45, 7) is 6.95. The number of tetrazole rings is 1. The van der Waals surface area contributed by atoms with Gasteiger partial charge >= 0.3 is 5.97 Å². The number of hydrogen-bond donors (Lipinski definition) is 0. The van der Waals surface area contributed by atoms with Crippen molar-refractivity contribution in [2.45, 2.75) is 84.6 Å². The Balaban J connectivity index is 1.28. The molecule has 0 N–H and O–H groups in total. The van der Waals surface area contributed by atoms with Gasteiger partial charge in [0, 0.05) is 6.42 Å². The molecular formula is C35H42N4O6. The second kappa shape index (κ2) is 15.9. The van der Waals surface area contributed by atoms with Gasteiger partial charge in [0.1, 0.15) is 18.3 Å². The van der Waals surface area contributed by atoms with Crippen LogP contribution in [-0.4, -0.2) is 57.2 Å². The van der Waals surface area contributed by atoms with E-state index in [-0.39, 0.29) is 37.1 Å². The molecule has 3 aromatic carbocycles. The predicted molar refractivity (Wildman–Crippen MR) is 166 cm³/mol. The van der Waals surface area contributed by atoms with Gasteiger partial charge in [-0.3, -0.25) is 4.79 Å². The highest BCUT2D eigenvalue weighted by Crippen LogP contribution is 2.31. The lowest BCUT2D eigenvalue weighted by Gasteiger charge is -2.25. The summed E-state index contributed by atoms with van der Waals surface area (Å²) in [5.41, 5.74) is 2.61. The van der Waals surface area contributed by atoms with E-state index in [2.05, 4.69) is 15.4 Å². The number of aryl methyl sites for hydroxylation is 1. The van der Waals surface area contributed by atoms with Gasteiger partial charge in [0.25, 0.3) is 0 Å². The number of benzene rings is 3. The fourth-order valence-corrected chi connectivity index (χ4v) is 5.01. The van der Waals surface area contributed by atoms with Crippen molar-refractivity contribution in [1.82, 2.24) is 20.2 Å². The average molecular weight is 615 g/mol. The zero-order valence-electron chi connectivity index (χ0n) is 26.2. The Hall–Kier alpha value is -3.96. The van der Waals surface area contributed by atoms with E-state index in [1.165, 1.54) is 4.80 Å². The Morgan fingerprint density at radius 3 is 1.87 bits per heavy atom. The molecule has 0 bridgehead atoms. The van der Waals surface area contributed by atoms with Crippen LogP contribution in [0.5, 0.6) is 0 Å². The van der Waals surface area contributed by atoms with Crippen LogP contribution in [0.3, 0.4) is 0 Å². The Kier molecular flexibility index (Phi) is 11.4. The van der Waals surface area contributed by atoms with Gasteiger partial charge in [0.2, 0.25) is 6.73 Å². The van der Waals surface area contributed by atoms with E-state index in [4.69, 9.17) is 23.7 Å². The molecule has 10 nitrogen and oxygen atoms in total. The van der Waals surface area contributed by atoms with Crippen molar-refractivity contribution in [1.29, 1.82) is 0 Å². The molecule has 10 heteroatoms. The Bertz CT molecular complexity index is 1450. The molecule has 5 rings (SSSR count). The van der Waals surface area contributed by atoms with E-state index in [1.54, 1.807) is 20.8 Å². The largest absolute Gasteiger partial charge is 0.440 e. The van der Waals surface area contributed by atoms with Crippen LogP contribution in [-0.2, 0) is 61.5 Å². The molecule has 1 aromatic heterocycles. The highest BCUT2D eigenvalue weighted by Gasteiger charge is 2.46. The standard InChI is InChI=1S/C35H42N4O6/c1-35(2,3)34(40)44-25-39-37-31(36-38-39)20-19-29-32(42-22-27-15-9-5-10-16-27)33(43-23-28-17-11-6-12-18-28)30(45-29)24-41-21-26-13-7-4-8-14-26/h4-18,29-30,32-33H,19-25H2,1-3H3/t29-,30+,32-,33+/m0/s1. The fourth-order valence-electron chi connectivity index (χ4n) is 5.01. The van der Waals surface area contributed by atoms with Gasteiger partial charge in [0.05, 0.1) is 37.9 Å². The van der Waals surface area contributed by atoms with Crippen LogP contribution in [0.1, 0.15) is 49.7 Å². The van der Waals surface area contributed by atoms with Crippen LogP contribution in [0.2, 0.25) is 0 Å². The maximum Gasteiger partial charge on any atom is 0.313 e. The summed E-state index contributed by atoms with van der Waals surface area (Å²) in [5.74, 6) is 0.193. The lowest BCUT2D eigenvalue weighted by molar-refractivity contribution is -0.157. The molecule has 1 aliphatic heterocycles. The first-order valence-corrected chi connectivity index (χ1v) is 15.4. The van der Waals surface area contributed by atoms with Gasteiger partial charge in [-0.2, -0.15) is 0 Å². The number of aromatic nitrogens is 4. The van der Waals surface area contributed by atoms with Crippen molar-refractivity contribution in [2.24, 2.45) is 5.41 Å². The first kappa shape index (κ1) is 32.4. The highest BCUT2D eigenvalue weighted by molar-refractivity contribution is 5.75. The molecule has 1 fully saturated rings. The quantitative estimate of drug-likeness (QED) is 0.165. The molecule has 1 aliphatic rings. The molecule has 0 amide bonds. The number of esters is 1. The monoisotopic (exact) mass is 614 g/mol. The summed E-state index contributed by atoms with van der Waals surface area (Å²) in [4.78, 5) is 13.4. The van der Waals surface area contributed by atoms with Crippen molar-refractivity contribution in [2.75, 3.05) is 6.61 Å². The third-order valence-corrected chi connectivity index (χ3v) is 7.44. The van der Waals surface area contributed by atoms with E-state index in [0.29, 0.717) is 45.1 Å². The minimum atomic E-state index is -0.613. The first-order valence-electron chi connectivity index (χ1n) is 15.4. The molecule has 0 spiro atoms. The highest BCUT2D eigenvalue weighted by atomic mass is 16.6. The van der Waals surface area contributed by atoms with Crippen LogP contribution >= 0.6 is 0 Å². The molecule has 45 heavy (non-hydrogen) atoms. The lowest BCUT2D eigenvalue weighted by Crippen LogP contribution is -2.39. The Morgan fingerprint density at radius 1 is 0.778 bits per heavy atom. The van der Waals surface area contributed by atoms with Gasteiger partial charge in [0.15, 0.2) is 5.82 Å². The van der Waals surface area contributed by atoms with E-state index in [9.17, 15) is 4.79 Å². The average Bonchev–Trinajstić information content (AvgIpc) is 3.65. The number of nitrogens with zero attached hydrogens (tertiary/aromatic N) is 4. The molecule has 0 saturated carbocycles. The van der Waals surface area contributed by atoms with Crippen LogP contribution < -0.4 is 0 Å². The van der Waals surface area contributed by atoms with Crippen molar-refractivity contribution in [3.05, 3.63) is 114 Å². The molecule has 1 saturated heterocycles. The number of carbonyl (C=O) groups is 1. The Labute approximate surface area is 264 Å². The number of hydrogen-bond acceptors (Lipinski definition) is 9. The van der Waals surface area contributed by atoms with E-state index in [0.717, 1.165) is 16.7 Å². The van der Waals surface area contributed by atoms with E-state index >= 15 is 0 Å². The van der Waals surface area contributed by atoms with Crippen LogP contribution in [0, 0.1) is 5.41 Å². The molecule has 238 valence electrons. The maximum atomic E-state index is 12.1. The van der Waals surface area contributed by atoms with Crippen LogP contribution in [0.4, 0.5) is 0 Å². The molecule has 0 aliphatic carbocycles. The van der Waals surface area contributed by atoms with Gasteiger partial charge in [-0.05, 0) is 49.1 Å². The zero-order valence-corrected chi connectivity index (χ0v) is 26.2. The normalized spacial score (nSPS) is 19.9. The van der Waals surface area contributed by atoms with Gasteiger partial charge in [-0.15, -0.1) is 15.0 Å². The number of carbonyl (C=O) groups excluding carboxylic acids is 1. The Morgan fingerprint density at radius 2 is 1.31 bits per heavy atom. The topological polar surface area (TPSA) is 107 Å². The molecule has 0 unspecified atom stereocenters. The summed E-state index contributed by atoms with van der Waals surface area (Å²) in [7, 11) is 0. The summed E-state index contributed by atoms with van der Waals surface area (Å²) in [6, 6.07) is 30.2. The van der Waals surface area contributed by atoms with Gasteiger partial charge in [-0.1, -0.05) is 91.0 Å². The lowest BCUT2D eigenvalue weighted by atomic mass is 9.98. The predicted octanol–water partition coefficient (Wildman–Crippen LogP) is 5.31. The van der Waals surface area contributed by atoms with Crippen LogP contribution in [0.25, 0.3) is 0 Å². The SMILES string of the molecule is CC(C)(C)C(=O)OCn1nnc(CC[C@@H]2O[C@H](COCc3ccccc3)[C@@H](OCc3ccccc3)[C@H]2OCc2ccccc2)n1. The summed E-state index contributed by atoms with van der Waals surface area (Å²) in [6.07, 6.45) is -0.300. The molecule has 4 atom stereocenters. The third kappa shape index (κ3) is 9.76. The number of rotatable bonds is 15.